The van der Waals surface area contributed by atoms with Crippen molar-refractivity contribution in [2.45, 2.75) is 20.0 Å². The Kier molecular flexibility index (Phi) is 4.39. The Morgan fingerprint density at radius 1 is 0.765 bits per heavy atom. The third kappa shape index (κ3) is 3.44. The third-order valence-corrected chi connectivity index (χ3v) is 5.41. The highest BCUT2D eigenvalue weighted by atomic mass is 27.2. The van der Waals surface area contributed by atoms with Crippen LogP contribution in [-0.4, -0.2) is 20.6 Å². The average Bonchev–Trinajstić information content (AvgIpc) is 2.38. The van der Waals surface area contributed by atoms with E-state index in [1.165, 1.54) is 8.85 Å². The lowest BCUT2D eigenvalue weighted by Crippen LogP contribution is -2.46. The lowest BCUT2D eigenvalue weighted by Gasteiger charge is -2.17. The Morgan fingerprint density at radius 2 is 1.18 bits per heavy atom. The molecule has 0 saturated carbocycles. The molecule has 0 aliphatic heterocycles. The minimum absolute atomic E-state index is 0.270. The van der Waals surface area contributed by atoms with E-state index in [0.29, 0.717) is 0 Å². The van der Waals surface area contributed by atoms with Crippen LogP contribution in [0, 0.1) is 0 Å². The van der Waals surface area contributed by atoms with Crippen molar-refractivity contribution >= 4 is 23.3 Å². The third-order valence-electron chi connectivity index (χ3n) is 2.61. The predicted octanol–water partition coefficient (Wildman–Crippen LogP) is 2.22. The van der Waals surface area contributed by atoms with Crippen LogP contribution in [0.15, 0.2) is 60.7 Å². The first kappa shape index (κ1) is 12.4. The quantitative estimate of drug-likeness (QED) is 0.745. The maximum atomic E-state index is 6.16. The maximum Gasteiger partial charge on any atom is 0.544 e. The smallest absolute Gasteiger partial charge is 0.492 e. The highest BCUT2D eigenvalue weighted by Gasteiger charge is 2.26. The second-order valence-corrected chi connectivity index (χ2v) is 6.75. The van der Waals surface area contributed by atoms with Crippen LogP contribution >= 0.6 is 0 Å². The zero-order valence-electron chi connectivity index (χ0n) is 10.3. The summed E-state index contributed by atoms with van der Waals surface area (Å²) in [5, 5.41) is 0. The van der Waals surface area contributed by atoms with Crippen LogP contribution in [-0.2, 0) is 3.79 Å². The number of rotatable bonds is 4. The number of hydrogen-bond donors (Lipinski definition) is 0. The molecule has 0 aliphatic rings. The fourth-order valence-electron chi connectivity index (χ4n) is 1.88. The minimum atomic E-state index is -1.51. The first-order valence-corrected chi connectivity index (χ1v) is 7.65. The van der Waals surface area contributed by atoms with E-state index < -0.39 is 14.5 Å². The summed E-state index contributed by atoms with van der Waals surface area (Å²) in [6.07, 6.45) is 0.270. The first-order chi connectivity index (χ1) is 8.27. The molecule has 0 spiro atoms. The Morgan fingerprint density at radius 3 is 1.53 bits per heavy atom. The van der Waals surface area contributed by atoms with Crippen LogP contribution < -0.4 is 8.85 Å². The highest BCUT2D eigenvalue weighted by Crippen LogP contribution is 1.98. The summed E-state index contributed by atoms with van der Waals surface area (Å²) in [5.74, 6) is 0. The molecule has 2 aromatic rings. The first-order valence-electron chi connectivity index (χ1n) is 6.02. The Balaban J connectivity index is 2.32. The Labute approximate surface area is 108 Å². The van der Waals surface area contributed by atoms with Gasteiger partial charge in [-0.15, -0.1) is 0 Å². The SMILES string of the molecule is CC(C)[O][Al]([c]1ccccc1)[c]1ccccc1. The molecule has 0 aromatic heterocycles. The van der Waals surface area contributed by atoms with Gasteiger partial charge in [0, 0.05) is 6.10 Å². The molecule has 0 heterocycles. The van der Waals surface area contributed by atoms with Crippen molar-refractivity contribution in [3.05, 3.63) is 60.7 Å². The van der Waals surface area contributed by atoms with Gasteiger partial charge in [0.2, 0.25) is 0 Å². The number of benzene rings is 2. The van der Waals surface area contributed by atoms with Gasteiger partial charge in [-0.25, -0.2) is 0 Å². The second-order valence-electron chi connectivity index (χ2n) is 4.39. The summed E-state index contributed by atoms with van der Waals surface area (Å²) in [6, 6.07) is 21.1. The van der Waals surface area contributed by atoms with Gasteiger partial charge in [-0.3, -0.25) is 0 Å². The maximum absolute atomic E-state index is 6.16. The van der Waals surface area contributed by atoms with Crippen molar-refractivity contribution in [1.29, 1.82) is 0 Å². The molecule has 86 valence electrons. The van der Waals surface area contributed by atoms with Gasteiger partial charge in [-0.1, -0.05) is 69.5 Å². The fraction of sp³-hybridized carbons (Fsp3) is 0.200. The largest absolute Gasteiger partial charge is 0.544 e. The lowest BCUT2D eigenvalue weighted by atomic mass is 10.4. The van der Waals surface area contributed by atoms with Crippen molar-refractivity contribution in [2.75, 3.05) is 0 Å². The molecule has 2 aromatic carbocycles. The van der Waals surface area contributed by atoms with Crippen molar-refractivity contribution in [3.8, 4) is 0 Å². The Hall–Kier alpha value is -1.07. The van der Waals surface area contributed by atoms with Crippen LogP contribution in [0.4, 0.5) is 0 Å². The second kappa shape index (κ2) is 6.03. The van der Waals surface area contributed by atoms with Crippen molar-refractivity contribution < 1.29 is 3.79 Å². The van der Waals surface area contributed by atoms with Gasteiger partial charge in [0.05, 0.1) is 0 Å². The van der Waals surface area contributed by atoms with Crippen molar-refractivity contribution in [2.24, 2.45) is 0 Å². The topological polar surface area (TPSA) is 9.23 Å². The lowest BCUT2D eigenvalue weighted by molar-refractivity contribution is 0.253. The summed E-state index contributed by atoms with van der Waals surface area (Å²) >= 11 is -1.51. The summed E-state index contributed by atoms with van der Waals surface area (Å²) in [4.78, 5) is 0. The zero-order valence-corrected chi connectivity index (χ0v) is 11.5. The molecule has 0 radical (unpaired) electrons. The van der Waals surface area contributed by atoms with E-state index in [0.717, 1.165) is 0 Å². The molecular weight excluding hydrogens is 223 g/mol. The molecular formula is C15H17AlO. The van der Waals surface area contributed by atoms with E-state index in [-0.39, 0.29) is 6.10 Å². The average molecular weight is 240 g/mol. The molecule has 0 amide bonds. The fourth-order valence-corrected chi connectivity index (χ4v) is 4.26. The predicted molar refractivity (Wildman–Crippen MR) is 74.1 cm³/mol. The Bertz CT molecular complexity index is 399. The molecule has 17 heavy (non-hydrogen) atoms. The molecule has 2 rings (SSSR count). The van der Waals surface area contributed by atoms with Gasteiger partial charge in [0.1, 0.15) is 0 Å². The summed E-state index contributed by atoms with van der Waals surface area (Å²) < 4.78 is 8.84. The van der Waals surface area contributed by atoms with Crippen LogP contribution in [0.3, 0.4) is 0 Å². The summed E-state index contributed by atoms with van der Waals surface area (Å²) in [7, 11) is 0. The van der Waals surface area contributed by atoms with Crippen LogP contribution in [0.1, 0.15) is 13.8 Å². The van der Waals surface area contributed by atoms with E-state index in [2.05, 4.69) is 74.5 Å². The van der Waals surface area contributed by atoms with E-state index >= 15 is 0 Å². The van der Waals surface area contributed by atoms with Gasteiger partial charge in [-0.2, -0.15) is 0 Å². The van der Waals surface area contributed by atoms with Gasteiger partial charge in [0.25, 0.3) is 0 Å². The molecule has 0 saturated heterocycles. The van der Waals surface area contributed by atoms with Gasteiger partial charge < -0.3 is 3.79 Å². The zero-order chi connectivity index (χ0) is 12.1. The summed E-state index contributed by atoms with van der Waals surface area (Å²) in [5.41, 5.74) is 0. The van der Waals surface area contributed by atoms with Crippen molar-refractivity contribution in [3.63, 3.8) is 0 Å². The normalized spacial score (nSPS) is 10.5. The highest BCUT2D eigenvalue weighted by molar-refractivity contribution is 6.80. The minimum Gasteiger partial charge on any atom is -0.492 e. The van der Waals surface area contributed by atoms with E-state index in [9.17, 15) is 0 Å². The van der Waals surface area contributed by atoms with E-state index in [1.54, 1.807) is 0 Å². The molecule has 0 N–H and O–H groups in total. The number of hydrogen-bond acceptors (Lipinski definition) is 1. The molecule has 0 aliphatic carbocycles. The van der Waals surface area contributed by atoms with Gasteiger partial charge >= 0.3 is 14.5 Å². The standard InChI is InChI=1S/2C6H5.C3H7O.Al/c2*1-2-4-6-5-3-1;1-3(2)4;/h2*1-5H;3H,1-2H3;/q;;-1;+1. The van der Waals surface area contributed by atoms with Crippen LogP contribution in [0.2, 0.25) is 0 Å². The monoisotopic (exact) mass is 240 g/mol. The van der Waals surface area contributed by atoms with Gasteiger partial charge in [-0.05, 0) is 13.8 Å². The van der Waals surface area contributed by atoms with E-state index in [4.69, 9.17) is 3.79 Å². The van der Waals surface area contributed by atoms with E-state index in [1.807, 2.05) is 0 Å². The molecule has 2 heteroatoms. The summed E-state index contributed by atoms with van der Waals surface area (Å²) in [6.45, 7) is 4.21. The van der Waals surface area contributed by atoms with Crippen molar-refractivity contribution in [1.82, 2.24) is 0 Å². The molecule has 0 atom stereocenters. The molecule has 1 nitrogen and oxygen atoms in total. The van der Waals surface area contributed by atoms with Gasteiger partial charge in [0.15, 0.2) is 0 Å². The molecule has 0 bridgehead atoms. The van der Waals surface area contributed by atoms with Crippen LogP contribution in [0.25, 0.3) is 0 Å². The van der Waals surface area contributed by atoms with Crippen LogP contribution in [0.5, 0.6) is 0 Å². The molecule has 0 unspecified atom stereocenters. The molecule has 0 fully saturated rings.